The largest absolute Gasteiger partial charge is 0.492 e. The lowest BCUT2D eigenvalue weighted by Crippen LogP contribution is -2.30. The molecule has 5 heteroatoms. The fourth-order valence-corrected chi connectivity index (χ4v) is 6.85. The third-order valence-electron chi connectivity index (χ3n) is 9.52. The molecule has 0 saturated carbocycles. The van der Waals surface area contributed by atoms with Crippen molar-refractivity contribution in [1.82, 2.24) is 4.90 Å². The number of ether oxygens (including phenoxy) is 2. The van der Waals surface area contributed by atoms with Gasteiger partial charge in [0.15, 0.2) is 6.10 Å². The predicted octanol–water partition coefficient (Wildman–Crippen LogP) is 7.90. The number of fused-ring (bicyclic) bond motifs is 2. The lowest BCUT2D eigenvalue weighted by molar-refractivity contribution is -0.148. The Balaban J connectivity index is 1.21. The molecule has 2 unspecified atom stereocenters. The fraction of sp³-hybridized carbons (Fsp3) is 0.279. The van der Waals surface area contributed by atoms with Gasteiger partial charge in [0.1, 0.15) is 12.4 Å². The van der Waals surface area contributed by atoms with E-state index < -0.39 is 12.1 Å². The zero-order chi connectivity index (χ0) is 33.3. The van der Waals surface area contributed by atoms with E-state index in [9.17, 15) is 9.90 Å². The number of likely N-dealkylation sites (N-methyl/N-ethyl adjacent to an activating group) is 1. The minimum Gasteiger partial charge on any atom is -0.492 e. The lowest BCUT2D eigenvalue weighted by atomic mass is 9.90. The van der Waals surface area contributed by atoms with Crippen LogP contribution in [-0.4, -0.2) is 49.4 Å². The maximum atomic E-state index is 11.4. The SMILES string of the molecule is COC(Cc1ccc(OCCN(C)C2c3ccc(Cc4ccccc4)cc3CCc3ccc(CCc4ccccc4)cc32)cc1)C(=O)O. The van der Waals surface area contributed by atoms with Gasteiger partial charge in [-0.1, -0.05) is 109 Å². The summed E-state index contributed by atoms with van der Waals surface area (Å²) in [6, 6.07) is 43.5. The van der Waals surface area contributed by atoms with Crippen LogP contribution in [0.3, 0.4) is 0 Å². The molecule has 0 heterocycles. The molecule has 0 aliphatic heterocycles. The molecule has 0 aromatic heterocycles. The molecule has 1 N–H and O–H groups in total. The highest BCUT2D eigenvalue weighted by molar-refractivity contribution is 5.72. The van der Waals surface area contributed by atoms with Gasteiger partial charge in [-0.3, -0.25) is 4.90 Å². The number of carboxylic acid groups (broad SMARTS) is 1. The minimum absolute atomic E-state index is 0.118. The predicted molar refractivity (Wildman–Crippen MR) is 192 cm³/mol. The molecular formula is C43H45NO4. The number of aliphatic carboxylic acids is 1. The first kappa shape index (κ1) is 33.2. The van der Waals surface area contributed by atoms with E-state index in [-0.39, 0.29) is 6.04 Å². The normalized spacial score (nSPS) is 14.5. The van der Waals surface area contributed by atoms with Crippen molar-refractivity contribution in [3.05, 3.63) is 171 Å². The minimum atomic E-state index is -0.960. The van der Waals surface area contributed by atoms with Gasteiger partial charge >= 0.3 is 5.97 Å². The van der Waals surface area contributed by atoms with E-state index in [1.165, 1.54) is 51.6 Å². The molecule has 48 heavy (non-hydrogen) atoms. The van der Waals surface area contributed by atoms with Crippen LogP contribution in [0.4, 0.5) is 0 Å². The first-order chi connectivity index (χ1) is 23.5. The zero-order valence-electron chi connectivity index (χ0n) is 28.0. The van der Waals surface area contributed by atoms with E-state index in [0.717, 1.165) is 50.0 Å². The van der Waals surface area contributed by atoms with Crippen molar-refractivity contribution in [2.45, 2.75) is 50.7 Å². The Labute approximate surface area is 284 Å². The summed E-state index contributed by atoms with van der Waals surface area (Å²) in [6.45, 7) is 1.28. The molecular weight excluding hydrogens is 594 g/mol. The van der Waals surface area contributed by atoms with Gasteiger partial charge in [-0.15, -0.1) is 0 Å². The smallest absolute Gasteiger partial charge is 0.333 e. The molecule has 2 atom stereocenters. The number of hydrogen-bond donors (Lipinski definition) is 1. The molecule has 1 aliphatic carbocycles. The van der Waals surface area contributed by atoms with Gasteiger partial charge in [-0.2, -0.15) is 0 Å². The van der Waals surface area contributed by atoms with Gasteiger partial charge in [0.05, 0.1) is 6.04 Å². The summed E-state index contributed by atoms with van der Waals surface area (Å²) in [7, 11) is 3.63. The number of carboxylic acids is 1. The van der Waals surface area contributed by atoms with Crippen LogP contribution in [0.1, 0.15) is 56.1 Å². The van der Waals surface area contributed by atoms with E-state index >= 15 is 0 Å². The molecule has 5 aromatic carbocycles. The molecule has 1 aliphatic rings. The van der Waals surface area contributed by atoms with Crippen LogP contribution in [0.2, 0.25) is 0 Å². The second-order valence-corrected chi connectivity index (χ2v) is 12.9. The Bertz CT molecular complexity index is 1790. The molecule has 246 valence electrons. The van der Waals surface area contributed by atoms with Crippen LogP contribution < -0.4 is 4.74 Å². The number of nitrogens with zero attached hydrogens (tertiary/aromatic N) is 1. The summed E-state index contributed by atoms with van der Waals surface area (Å²) in [5.74, 6) is -0.190. The van der Waals surface area contributed by atoms with E-state index in [1.54, 1.807) is 0 Å². The van der Waals surface area contributed by atoms with Crippen molar-refractivity contribution >= 4 is 5.97 Å². The number of rotatable bonds is 14. The Morgan fingerprint density at radius 2 is 1.38 bits per heavy atom. The molecule has 0 spiro atoms. The summed E-state index contributed by atoms with van der Waals surface area (Å²) in [6.07, 6.45) is 4.46. The van der Waals surface area contributed by atoms with Crippen molar-refractivity contribution in [1.29, 1.82) is 0 Å². The van der Waals surface area contributed by atoms with Crippen molar-refractivity contribution in [3.8, 4) is 5.75 Å². The number of methoxy groups -OCH3 is 1. The molecule has 0 amide bonds. The van der Waals surface area contributed by atoms with Crippen LogP contribution in [-0.2, 0) is 48.1 Å². The average Bonchev–Trinajstić information content (AvgIpc) is 3.27. The number of benzene rings is 5. The second-order valence-electron chi connectivity index (χ2n) is 12.9. The van der Waals surface area contributed by atoms with Crippen LogP contribution >= 0.6 is 0 Å². The summed E-state index contributed by atoms with van der Waals surface area (Å²) < 4.78 is 11.3. The number of aryl methyl sites for hydroxylation is 4. The van der Waals surface area contributed by atoms with Crippen LogP contribution in [0.5, 0.6) is 5.75 Å². The summed E-state index contributed by atoms with van der Waals surface area (Å²) in [5, 5.41) is 9.31. The molecule has 0 bridgehead atoms. The highest BCUT2D eigenvalue weighted by atomic mass is 16.5. The third-order valence-corrected chi connectivity index (χ3v) is 9.52. The highest BCUT2D eigenvalue weighted by Crippen LogP contribution is 2.37. The highest BCUT2D eigenvalue weighted by Gasteiger charge is 2.28. The van der Waals surface area contributed by atoms with E-state index in [4.69, 9.17) is 9.47 Å². The summed E-state index contributed by atoms with van der Waals surface area (Å²) in [4.78, 5) is 13.8. The molecule has 0 radical (unpaired) electrons. The van der Waals surface area contributed by atoms with Crippen molar-refractivity contribution in [2.24, 2.45) is 0 Å². The molecule has 0 fully saturated rings. The second kappa shape index (κ2) is 15.9. The van der Waals surface area contributed by atoms with Crippen LogP contribution in [0.15, 0.2) is 121 Å². The van der Waals surface area contributed by atoms with Gasteiger partial charge < -0.3 is 14.6 Å². The van der Waals surface area contributed by atoms with Crippen LogP contribution in [0, 0.1) is 0 Å². The Morgan fingerprint density at radius 1 is 0.729 bits per heavy atom. The van der Waals surface area contributed by atoms with Gasteiger partial charge in [-0.05, 0) is 101 Å². The first-order valence-electron chi connectivity index (χ1n) is 17.0. The van der Waals surface area contributed by atoms with Crippen molar-refractivity contribution in [3.63, 3.8) is 0 Å². The number of carbonyl (C=O) groups is 1. The van der Waals surface area contributed by atoms with Gasteiger partial charge in [-0.25, -0.2) is 4.79 Å². The Hall–Kier alpha value is -4.71. The standard InChI is InChI=1S/C43H45NO4/c1-44(25-26-48-38-22-16-34(17-23-38)30-41(47-2)43(45)46)42-39-24-18-35(27-32-11-7-4-8-12-32)28-37(39)21-20-36-19-15-33(29-40(36)42)14-13-31-9-5-3-6-10-31/h3-12,15-19,22-24,28-29,41-42H,13-14,20-21,25-27,30H2,1-2H3,(H,45,46). The Kier molecular flexibility index (Phi) is 11.0. The van der Waals surface area contributed by atoms with Crippen LogP contribution in [0.25, 0.3) is 0 Å². The van der Waals surface area contributed by atoms with Gasteiger partial charge in [0.2, 0.25) is 0 Å². The van der Waals surface area contributed by atoms with E-state index in [2.05, 4.69) is 109 Å². The monoisotopic (exact) mass is 639 g/mol. The van der Waals surface area contributed by atoms with Crippen molar-refractivity contribution < 1.29 is 19.4 Å². The maximum absolute atomic E-state index is 11.4. The summed E-state index contributed by atoms with van der Waals surface area (Å²) in [5.41, 5.74) is 11.9. The van der Waals surface area contributed by atoms with Gasteiger partial charge in [0.25, 0.3) is 0 Å². The lowest BCUT2D eigenvalue weighted by Gasteiger charge is -2.31. The average molecular weight is 640 g/mol. The number of hydrogen-bond acceptors (Lipinski definition) is 4. The Morgan fingerprint density at radius 3 is 2.08 bits per heavy atom. The first-order valence-corrected chi connectivity index (χ1v) is 17.0. The summed E-state index contributed by atoms with van der Waals surface area (Å²) >= 11 is 0. The maximum Gasteiger partial charge on any atom is 0.333 e. The molecule has 5 nitrogen and oxygen atoms in total. The zero-order valence-corrected chi connectivity index (χ0v) is 28.0. The van der Waals surface area contributed by atoms with Gasteiger partial charge in [0, 0.05) is 20.1 Å². The van der Waals surface area contributed by atoms with E-state index in [1.807, 2.05) is 24.3 Å². The quantitative estimate of drug-likeness (QED) is 0.134. The van der Waals surface area contributed by atoms with Crippen molar-refractivity contribution in [2.75, 3.05) is 27.3 Å². The fourth-order valence-electron chi connectivity index (χ4n) is 6.85. The molecule has 0 saturated heterocycles. The topological polar surface area (TPSA) is 59.0 Å². The third kappa shape index (κ3) is 8.41. The van der Waals surface area contributed by atoms with E-state index in [0.29, 0.717) is 13.0 Å². The molecule has 6 rings (SSSR count). The molecule has 5 aromatic rings.